The Bertz CT molecular complexity index is 367. The standard InChI is InChI=1S/C12H19N3O2/c1-9(2)15-11(16)6-8-14-12-10(17-3)5-4-7-13-12/h4-5,7,9H,6,8H2,1-3H3,(H,13,14)(H,15,16). The molecule has 0 aliphatic rings. The molecule has 0 spiro atoms. The highest BCUT2D eigenvalue weighted by molar-refractivity contribution is 5.76. The maximum Gasteiger partial charge on any atom is 0.221 e. The quantitative estimate of drug-likeness (QED) is 0.785. The van der Waals surface area contributed by atoms with E-state index < -0.39 is 0 Å². The van der Waals surface area contributed by atoms with Crippen molar-refractivity contribution in [3.8, 4) is 5.75 Å². The molecule has 1 rings (SSSR count). The first-order valence-electron chi connectivity index (χ1n) is 5.65. The van der Waals surface area contributed by atoms with Crippen LogP contribution in [0.1, 0.15) is 20.3 Å². The average molecular weight is 237 g/mol. The van der Waals surface area contributed by atoms with E-state index in [-0.39, 0.29) is 11.9 Å². The molecule has 2 N–H and O–H groups in total. The normalized spacial score (nSPS) is 10.1. The second-order valence-corrected chi connectivity index (χ2v) is 3.95. The van der Waals surface area contributed by atoms with Crippen molar-refractivity contribution in [1.29, 1.82) is 0 Å². The van der Waals surface area contributed by atoms with E-state index in [1.807, 2.05) is 19.9 Å². The summed E-state index contributed by atoms with van der Waals surface area (Å²) in [6.45, 7) is 4.41. The molecular formula is C12H19N3O2. The van der Waals surface area contributed by atoms with Crippen molar-refractivity contribution in [1.82, 2.24) is 10.3 Å². The summed E-state index contributed by atoms with van der Waals surface area (Å²) in [6.07, 6.45) is 2.09. The lowest BCUT2D eigenvalue weighted by molar-refractivity contribution is -0.121. The third-order valence-corrected chi connectivity index (χ3v) is 2.08. The number of rotatable bonds is 6. The van der Waals surface area contributed by atoms with E-state index in [1.54, 1.807) is 19.4 Å². The number of amides is 1. The van der Waals surface area contributed by atoms with Gasteiger partial charge in [0.25, 0.3) is 0 Å². The van der Waals surface area contributed by atoms with Crippen molar-refractivity contribution in [2.45, 2.75) is 26.3 Å². The van der Waals surface area contributed by atoms with Gasteiger partial charge in [0.2, 0.25) is 5.91 Å². The van der Waals surface area contributed by atoms with Crippen LogP contribution in [0, 0.1) is 0 Å². The summed E-state index contributed by atoms with van der Waals surface area (Å²) in [6, 6.07) is 3.80. The molecule has 0 saturated heterocycles. The van der Waals surface area contributed by atoms with Gasteiger partial charge < -0.3 is 15.4 Å². The zero-order valence-electron chi connectivity index (χ0n) is 10.5. The first kappa shape index (κ1) is 13.3. The van der Waals surface area contributed by atoms with E-state index in [0.717, 1.165) is 0 Å². The summed E-state index contributed by atoms with van der Waals surface area (Å²) in [5.74, 6) is 1.37. The van der Waals surface area contributed by atoms with Gasteiger partial charge in [-0.05, 0) is 26.0 Å². The van der Waals surface area contributed by atoms with Gasteiger partial charge in [-0.3, -0.25) is 4.79 Å². The molecule has 1 aromatic heterocycles. The molecule has 1 aromatic rings. The van der Waals surface area contributed by atoms with Crippen LogP contribution in [-0.4, -0.2) is 30.6 Å². The molecule has 1 heterocycles. The average Bonchev–Trinajstić information content (AvgIpc) is 2.28. The van der Waals surface area contributed by atoms with Crippen molar-refractivity contribution in [2.24, 2.45) is 0 Å². The molecule has 17 heavy (non-hydrogen) atoms. The summed E-state index contributed by atoms with van der Waals surface area (Å²) >= 11 is 0. The molecule has 94 valence electrons. The Hall–Kier alpha value is -1.78. The topological polar surface area (TPSA) is 63.2 Å². The van der Waals surface area contributed by atoms with E-state index in [1.165, 1.54) is 0 Å². The van der Waals surface area contributed by atoms with Crippen molar-refractivity contribution in [2.75, 3.05) is 19.0 Å². The number of carbonyl (C=O) groups excluding carboxylic acids is 1. The Morgan fingerprint density at radius 1 is 1.53 bits per heavy atom. The maximum atomic E-state index is 11.4. The summed E-state index contributed by atoms with van der Waals surface area (Å²) in [5, 5.41) is 5.90. The lowest BCUT2D eigenvalue weighted by Gasteiger charge is -2.10. The molecule has 0 unspecified atom stereocenters. The van der Waals surface area contributed by atoms with Crippen molar-refractivity contribution in [3.63, 3.8) is 0 Å². The third kappa shape index (κ3) is 4.72. The van der Waals surface area contributed by atoms with Gasteiger partial charge in [-0.15, -0.1) is 0 Å². The Balaban J connectivity index is 2.38. The number of anilines is 1. The second kappa shape index (κ2) is 6.73. The van der Waals surface area contributed by atoms with Gasteiger partial charge in [0.1, 0.15) is 0 Å². The number of methoxy groups -OCH3 is 1. The minimum atomic E-state index is 0.0300. The van der Waals surface area contributed by atoms with Gasteiger partial charge in [0, 0.05) is 25.2 Å². The van der Waals surface area contributed by atoms with Crippen LogP contribution in [0.25, 0.3) is 0 Å². The van der Waals surface area contributed by atoms with E-state index in [0.29, 0.717) is 24.5 Å². The number of hydrogen-bond donors (Lipinski definition) is 2. The number of aromatic nitrogens is 1. The molecule has 1 amide bonds. The Morgan fingerprint density at radius 2 is 2.29 bits per heavy atom. The van der Waals surface area contributed by atoms with Gasteiger partial charge >= 0.3 is 0 Å². The number of pyridine rings is 1. The Morgan fingerprint density at radius 3 is 2.94 bits per heavy atom. The van der Waals surface area contributed by atoms with Gasteiger partial charge in [-0.2, -0.15) is 0 Å². The molecule has 0 atom stereocenters. The monoisotopic (exact) mass is 237 g/mol. The number of ether oxygens (including phenoxy) is 1. The first-order valence-corrected chi connectivity index (χ1v) is 5.65. The largest absolute Gasteiger partial charge is 0.493 e. The fraction of sp³-hybridized carbons (Fsp3) is 0.500. The van der Waals surface area contributed by atoms with E-state index >= 15 is 0 Å². The molecule has 0 saturated carbocycles. The smallest absolute Gasteiger partial charge is 0.221 e. The van der Waals surface area contributed by atoms with E-state index in [4.69, 9.17) is 4.74 Å². The Labute approximate surface area is 102 Å². The first-order chi connectivity index (χ1) is 8.13. The third-order valence-electron chi connectivity index (χ3n) is 2.08. The number of nitrogens with one attached hydrogen (secondary N) is 2. The number of carbonyl (C=O) groups is 1. The van der Waals surface area contributed by atoms with Crippen LogP contribution >= 0.6 is 0 Å². The number of hydrogen-bond acceptors (Lipinski definition) is 4. The fourth-order valence-corrected chi connectivity index (χ4v) is 1.38. The summed E-state index contributed by atoms with van der Waals surface area (Å²) in [5.41, 5.74) is 0. The molecular weight excluding hydrogens is 218 g/mol. The zero-order chi connectivity index (χ0) is 12.7. The van der Waals surface area contributed by atoms with Crippen LogP contribution in [-0.2, 0) is 4.79 Å². The summed E-state index contributed by atoms with van der Waals surface area (Å²) in [4.78, 5) is 15.5. The van der Waals surface area contributed by atoms with Gasteiger partial charge in [-0.25, -0.2) is 4.98 Å². The van der Waals surface area contributed by atoms with Crippen molar-refractivity contribution < 1.29 is 9.53 Å². The highest BCUT2D eigenvalue weighted by Gasteiger charge is 2.05. The summed E-state index contributed by atoms with van der Waals surface area (Å²) < 4.78 is 5.14. The van der Waals surface area contributed by atoms with Crippen LogP contribution in [0.15, 0.2) is 18.3 Å². The summed E-state index contributed by atoms with van der Waals surface area (Å²) in [7, 11) is 1.59. The molecule has 0 radical (unpaired) electrons. The van der Waals surface area contributed by atoms with Crippen LogP contribution in [0.5, 0.6) is 5.75 Å². The minimum Gasteiger partial charge on any atom is -0.493 e. The van der Waals surface area contributed by atoms with Crippen LogP contribution in [0.3, 0.4) is 0 Å². The maximum absolute atomic E-state index is 11.4. The molecule has 0 aliphatic heterocycles. The fourth-order valence-electron chi connectivity index (χ4n) is 1.38. The predicted molar refractivity (Wildman–Crippen MR) is 67.2 cm³/mol. The lowest BCUT2D eigenvalue weighted by atomic mass is 10.3. The van der Waals surface area contributed by atoms with Gasteiger partial charge in [-0.1, -0.05) is 0 Å². The SMILES string of the molecule is COc1cccnc1NCCC(=O)NC(C)C. The minimum absolute atomic E-state index is 0.0300. The van der Waals surface area contributed by atoms with E-state index in [9.17, 15) is 4.79 Å². The number of nitrogens with zero attached hydrogens (tertiary/aromatic N) is 1. The lowest BCUT2D eigenvalue weighted by Crippen LogP contribution is -2.31. The van der Waals surface area contributed by atoms with Crippen LogP contribution < -0.4 is 15.4 Å². The zero-order valence-corrected chi connectivity index (χ0v) is 10.5. The van der Waals surface area contributed by atoms with Crippen molar-refractivity contribution in [3.05, 3.63) is 18.3 Å². The van der Waals surface area contributed by atoms with Gasteiger partial charge in [0.15, 0.2) is 11.6 Å². The molecule has 0 bridgehead atoms. The predicted octanol–water partition coefficient (Wildman–Crippen LogP) is 1.42. The highest BCUT2D eigenvalue weighted by Crippen LogP contribution is 2.19. The molecule has 0 aliphatic carbocycles. The molecule has 5 heteroatoms. The van der Waals surface area contributed by atoms with E-state index in [2.05, 4.69) is 15.6 Å². The van der Waals surface area contributed by atoms with Crippen molar-refractivity contribution >= 4 is 11.7 Å². The van der Waals surface area contributed by atoms with Gasteiger partial charge in [0.05, 0.1) is 7.11 Å². The second-order valence-electron chi connectivity index (χ2n) is 3.95. The highest BCUT2D eigenvalue weighted by atomic mass is 16.5. The molecule has 0 fully saturated rings. The molecule has 0 aromatic carbocycles. The van der Waals surface area contributed by atoms with Crippen LogP contribution in [0.4, 0.5) is 5.82 Å². The molecule has 5 nitrogen and oxygen atoms in total. The van der Waals surface area contributed by atoms with Crippen LogP contribution in [0.2, 0.25) is 0 Å². The Kier molecular flexibility index (Phi) is 5.26.